The van der Waals surface area contributed by atoms with Gasteiger partial charge in [0.2, 0.25) is 0 Å². The molecule has 2 nitrogen and oxygen atoms in total. The molecule has 1 N–H and O–H groups in total. The van der Waals surface area contributed by atoms with E-state index in [2.05, 4.69) is 43.4 Å². The van der Waals surface area contributed by atoms with Gasteiger partial charge in [0.15, 0.2) is 0 Å². The first-order chi connectivity index (χ1) is 10.1. The molecule has 2 rings (SSSR count). The van der Waals surface area contributed by atoms with E-state index in [9.17, 15) is 4.79 Å². The first kappa shape index (κ1) is 15.3. The summed E-state index contributed by atoms with van der Waals surface area (Å²) in [5.74, 6) is 0.625. The van der Waals surface area contributed by atoms with Crippen LogP contribution in [0.25, 0.3) is 0 Å². The van der Waals surface area contributed by atoms with Gasteiger partial charge in [-0.25, -0.2) is 0 Å². The Morgan fingerprint density at radius 3 is 2.14 bits per heavy atom. The van der Waals surface area contributed by atoms with Gasteiger partial charge in [-0.3, -0.25) is 4.79 Å². The van der Waals surface area contributed by atoms with Crippen LogP contribution in [-0.4, -0.2) is 5.91 Å². The van der Waals surface area contributed by atoms with Crippen LogP contribution in [0.1, 0.15) is 48.3 Å². The Bertz CT molecular complexity index is 572. The van der Waals surface area contributed by atoms with Gasteiger partial charge in [-0.1, -0.05) is 56.3 Å². The third-order valence-corrected chi connectivity index (χ3v) is 3.51. The molecule has 21 heavy (non-hydrogen) atoms. The fourth-order valence-electron chi connectivity index (χ4n) is 2.37. The molecule has 0 aliphatic carbocycles. The zero-order valence-electron chi connectivity index (χ0n) is 13.0. The van der Waals surface area contributed by atoms with Crippen LogP contribution in [0.5, 0.6) is 0 Å². The molecule has 0 aromatic heterocycles. The van der Waals surface area contributed by atoms with Gasteiger partial charge in [-0.2, -0.15) is 0 Å². The lowest BCUT2D eigenvalue weighted by molar-refractivity contribution is 0.0940. The van der Waals surface area contributed by atoms with E-state index in [4.69, 9.17) is 0 Å². The van der Waals surface area contributed by atoms with E-state index in [0.29, 0.717) is 11.5 Å². The lowest BCUT2D eigenvalue weighted by atomic mass is 10.00. The maximum atomic E-state index is 12.1. The predicted molar refractivity (Wildman–Crippen MR) is 87.3 cm³/mol. The van der Waals surface area contributed by atoms with Gasteiger partial charge in [0.05, 0.1) is 6.04 Å². The molecule has 1 atom stereocenters. The first-order valence-electron chi connectivity index (χ1n) is 7.51. The topological polar surface area (TPSA) is 29.1 Å². The summed E-state index contributed by atoms with van der Waals surface area (Å²) in [6, 6.07) is 17.8. The van der Waals surface area contributed by atoms with E-state index in [1.54, 1.807) is 0 Å². The third-order valence-electron chi connectivity index (χ3n) is 3.51. The molecule has 1 unspecified atom stereocenters. The maximum absolute atomic E-state index is 12.1. The fraction of sp³-hybridized carbons (Fsp3) is 0.316. The van der Waals surface area contributed by atoms with Crippen molar-refractivity contribution in [1.29, 1.82) is 0 Å². The largest absolute Gasteiger partial charge is 0.346 e. The normalized spacial score (nSPS) is 12.2. The fourth-order valence-corrected chi connectivity index (χ4v) is 2.37. The summed E-state index contributed by atoms with van der Waals surface area (Å²) in [5.41, 5.74) is 3.17. The first-order valence-corrected chi connectivity index (χ1v) is 7.51. The Morgan fingerprint density at radius 2 is 1.57 bits per heavy atom. The molecule has 0 spiro atoms. The van der Waals surface area contributed by atoms with Crippen molar-refractivity contribution in [2.24, 2.45) is 5.92 Å². The molecule has 0 fully saturated rings. The van der Waals surface area contributed by atoms with Gasteiger partial charge in [0.25, 0.3) is 5.91 Å². The zero-order valence-corrected chi connectivity index (χ0v) is 13.0. The number of hydrogen-bond acceptors (Lipinski definition) is 1. The van der Waals surface area contributed by atoms with Gasteiger partial charge in [-0.05, 0) is 42.5 Å². The van der Waals surface area contributed by atoms with Crippen molar-refractivity contribution in [2.45, 2.75) is 33.2 Å². The number of nitrogens with one attached hydrogen (secondary N) is 1. The molecule has 0 aliphatic rings. The molecular formula is C19H23NO. The molecule has 0 radical (unpaired) electrons. The van der Waals surface area contributed by atoms with Crippen LogP contribution in [0.15, 0.2) is 54.6 Å². The number of rotatable bonds is 5. The van der Waals surface area contributed by atoms with E-state index in [1.165, 1.54) is 5.56 Å². The highest BCUT2D eigenvalue weighted by molar-refractivity contribution is 5.94. The average molecular weight is 281 g/mol. The molecule has 2 heteroatoms. The summed E-state index contributed by atoms with van der Waals surface area (Å²) >= 11 is 0. The van der Waals surface area contributed by atoms with Crippen LogP contribution in [0.3, 0.4) is 0 Å². The van der Waals surface area contributed by atoms with Crippen LogP contribution in [0, 0.1) is 5.92 Å². The summed E-state index contributed by atoms with van der Waals surface area (Å²) in [4.78, 5) is 12.1. The Labute approximate surface area is 127 Å². The highest BCUT2D eigenvalue weighted by Gasteiger charge is 2.11. The number of amides is 1. The van der Waals surface area contributed by atoms with E-state index in [-0.39, 0.29) is 11.9 Å². The minimum Gasteiger partial charge on any atom is -0.346 e. The van der Waals surface area contributed by atoms with E-state index < -0.39 is 0 Å². The maximum Gasteiger partial charge on any atom is 0.251 e. The molecule has 2 aromatic carbocycles. The Hall–Kier alpha value is -2.09. The molecule has 1 amide bonds. The standard InChI is InChI=1S/C19H23NO/c1-14(2)13-16-9-11-17(12-10-16)15(3)20-19(21)18-7-5-4-6-8-18/h4-12,14-15H,13H2,1-3H3,(H,20,21). The van der Waals surface area contributed by atoms with Crippen molar-refractivity contribution >= 4 is 5.91 Å². The second-order valence-electron chi connectivity index (χ2n) is 5.90. The monoisotopic (exact) mass is 281 g/mol. The third kappa shape index (κ3) is 4.45. The van der Waals surface area contributed by atoms with Gasteiger partial charge < -0.3 is 5.32 Å². The van der Waals surface area contributed by atoms with Gasteiger partial charge in [0.1, 0.15) is 0 Å². The number of hydrogen-bond donors (Lipinski definition) is 1. The van der Waals surface area contributed by atoms with E-state index in [0.717, 1.165) is 12.0 Å². The molecule has 2 aromatic rings. The Kier molecular flexibility index (Phi) is 5.15. The molecule has 110 valence electrons. The van der Waals surface area contributed by atoms with Crippen molar-refractivity contribution in [2.75, 3.05) is 0 Å². The van der Waals surface area contributed by atoms with Crippen LogP contribution >= 0.6 is 0 Å². The van der Waals surface area contributed by atoms with E-state index >= 15 is 0 Å². The molecular weight excluding hydrogens is 258 g/mol. The predicted octanol–water partition coefficient (Wildman–Crippen LogP) is 4.38. The second-order valence-corrected chi connectivity index (χ2v) is 5.90. The number of carbonyl (C=O) groups excluding carboxylic acids is 1. The van der Waals surface area contributed by atoms with Crippen molar-refractivity contribution in [3.63, 3.8) is 0 Å². The highest BCUT2D eigenvalue weighted by Crippen LogP contribution is 2.16. The van der Waals surface area contributed by atoms with Gasteiger partial charge in [0, 0.05) is 5.56 Å². The molecule has 0 bridgehead atoms. The quantitative estimate of drug-likeness (QED) is 0.866. The average Bonchev–Trinajstić information content (AvgIpc) is 2.48. The Balaban J connectivity index is 2.00. The summed E-state index contributed by atoms with van der Waals surface area (Å²) in [7, 11) is 0. The lowest BCUT2D eigenvalue weighted by Gasteiger charge is -2.15. The van der Waals surface area contributed by atoms with Crippen LogP contribution < -0.4 is 5.32 Å². The highest BCUT2D eigenvalue weighted by atomic mass is 16.1. The number of benzene rings is 2. The van der Waals surface area contributed by atoms with Crippen molar-refractivity contribution < 1.29 is 4.79 Å². The molecule has 0 heterocycles. The van der Waals surface area contributed by atoms with Crippen LogP contribution in [0.4, 0.5) is 0 Å². The van der Waals surface area contributed by atoms with Crippen molar-refractivity contribution in [1.82, 2.24) is 5.32 Å². The van der Waals surface area contributed by atoms with Gasteiger partial charge >= 0.3 is 0 Å². The molecule has 0 saturated heterocycles. The SMILES string of the molecule is CC(C)Cc1ccc(C(C)NC(=O)c2ccccc2)cc1. The molecule has 0 aliphatic heterocycles. The summed E-state index contributed by atoms with van der Waals surface area (Å²) in [5, 5.41) is 3.03. The number of carbonyl (C=O) groups is 1. The Morgan fingerprint density at radius 1 is 0.952 bits per heavy atom. The van der Waals surface area contributed by atoms with Crippen molar-refractivity contribution in [3.05, 3.63) is 71.3 Å². The van der Waals surface area contributed by atoms with Gasteiger partial charge in [-0.15, -0.1) is 0 Å². The van der Waals surface area contributed by atoms with Crippen LogP contribution in [0.2, 0.25) is 0 Å². The van der Waals surface area contributed by atoms with Crippen molar-refractivity contribution in [3.8, 4) is 0 Å². The summed E-state index contributed by atoms with van der Waals surface area (Å²) in [6.45, 7) is 6.45. The lowest BCUT2D eigenvalue weighted by Crippen LogP contribution is -2.26. The second kappa shape index (κ2) is 7.07. The summed E-state index contributed by atoms with van der Waals surface area (Å²) in [6.07, 6.45) is 1.09. The molecule has 0 saturated carbocycles. The minimum atomic E-state index is -0.0330. The van der Waals surface area contributed by atoms with Crippen LogP contribution in [-0.2, 0) is 6.42 Å². The minimum absolute atomic E-state index is 0.00538. The summed E-state index contributed by atoms with van der Waals surface area (Å²) < 4.78 is 0. The smallest absolute Gasteiger partial charge is 0.251 e. The zero-order chi connectivity index (χ0) is 15.2. The van der Waals surface area contributed by atoms with E-state index in [1.807, 2.05) is 37.3 Å².